The predicted molar refractivity (Wildman–Crippen MR) is 111 cm³/mol. The number of hydrogen-bond donors (Lipinski definition) is 2. The lowest BCUT2D eigenvalue weighted by Crippen LogP contribution is -2.34. The zero-order valence-electron chi connectivity index (χ0n) is 16.6. The van der Waals surface area contributed by atoms with E-state index in [-0.39, 0.29) is 0 Å². The second-order valence-electron chi connectivity index (χ2n) is 4.72. The van der Waals surface area contributed by atoms with Gasteiger partial charge in [-0.15, -0.1) is 0 Å². The summed E-state index contributed by atoms with van der Waals surface area (Å²) in [5, 5.41) is 6.95. The Morgan fingerprint density at radius 3 is 2.25 bits per heavy atom. The molecule has 1 aromatic rings. The molecule has 1 atom stereocenters. The lowest BCUT2D eigenvalue weighted by molar-refractivity contribution is 0.573. The molecule has 24 heavy (non-hydrogen) atoms. The van der Waals surface area contributed by atoms with Crippen LogP contribution in [0.5, 0.6) is 0 Å². The highest BCUT2D eigenvalue weighted by Crippen LogP contribution is 2.03. The summed E-state index contributed by atoms with van der Waals surface area (Å²) in [6, 6.07) is 10.8. The van der Waals surface area contributed by atoms with Crippen LogP contribution in [0.15, 0.2) is 66.8 Å². The average Bonchev–Trinajstić information content (AvgIpc) is 2.66. The van der Waals surface area contributed by atoms with Gasteiger partial charge < -0.3 is 10.6 Å². The van der Waals surface area contributed by atoms with Crippen LogP contribution in [-0.4, -0.2) is 19.1 Å². The SMILES string of the molecule is C=C/C=C\C(=C/C)[C@@H](C)NCCNCc1ccccc1.CC.CC. The van der Waals surface area contributed by atoms with Gasteiger partial charge in [0, 0.05) is 25.7 Å². The molecule has 2 N–H and O–H groups in total. The van der Waals surface area contributed by atoms with E-state index in [1.165, 1.54) is 11.1 Å². The second kappa shape index (κ2) is 19.4. The van der Waals surface area contributed by atoms with E-state index >= 15 is 0 Å². The van der Waals surface area contributed by atoms with E-state index in [2.05, 4.69) is 67.5 Å². The molecule has 1 aromatic carbocycles. The highest BCUT2D eigenvalue weighted by atomic mass is 15.0. The Kier molecular flexibility index (Phi) is 19.9. The van der Waals surface area contributed by atoms with Gasteiger partial charge >= 0.3 is 0 Å². The van der Waals surface area contributed by atoms with Gasteiger partial charge in [0.15, 0.2) is 0 Å². The molecule has 0 bridgehead atoms. The predicted octanol–water partition coefficient (Wildman–Crippen LogP) is 5.50. The molecule has 2 nitrogen and oxygen atoms in total. The first-order chi connectivity index (χ1) is 11.8. The molecular weight excluding hydrogens is 292 g/mol. The lowest BCUT2D eigenvalue weighted by atomic mass is 10.1. The quantitative estimate of drug-likeness (QED) is 0.462. The fraction of sp³-hybridized carbons (Fsp3) is 0.455. The molecule has 1 rings (SSSR count). The van der Waals surface area contributed by atoms with Crippen molar-refractivity contribution in [1.29, 1.82) is 0 Å². The molecule has 136 valence electrons. The molecule has 0 saturated heterocycles. The highest BCUT2D eigenvalue weighted by Gasteiger charge is 2.03. The fourth-order valence-electron chi connectivity index (χ4n) is 1.99. The first-order valence-electron chi connectivity index (χ1n) is 9.21. The van der Waals surface area contributed by atoms with Crippen molar-refractivity contribution in [2.75, 3.05) is 13.1 Å². The van der Waals surface area contributed by atoms with Gasteiger partial charge in [-0.05, 0) is 25.0 Å². The van der Waals surface area contributed by atoms with Gasteiger partial charge in [-0.3, -0.25) is 0 Å². The fourth-order valence-corrected chi connectivity index (χ4v) is 1.99. The van der Waals surface area contributed by atoms with Gasteiger partial charge in [-0.25, -0.2) is 0 Å². The third kappa shape index (κ3) is 12.9. The standard InChI is InChI=1S/C18H26N2.2C2H6/c1-4-6-12-18(5-2)16(3)20-14-13-19-15-17-10-8-7-9-11-17;2*1-2/h4-12,16,19-20H,1,13-15H2,2-3H3;2*1-2H3/b12-6-,18-5+;;/t16-;;/m1../s1. The van der Waals surface area contributed by atoms with Crippen molar-refractivity contribution >= 4 is 0 Å². The van der Waals surface area contributed by atoms with Gasteiger partial charge in [0.1, 0.15) is 0 Å². The van der Waals surface area contributed by atoms with Crippen LogP contribution in [0.25, 0.3) is 0 Å². The van der Waals surface area contributed by atoms with Gasteiger partial charge in [0.2, 0.25) is 0 Å². The maximum Gasteiger partial charge on any atom is 0.0289 e. The largest absolute Gasteiger partial charge is 0.311 e. The van der Waals surface area contributed by atoms with Gasteiger partial charge in [-0.2, -0.15) is 0 Å². The van der Waals surface area contributed by atoms with Crippen molar-refractivity contribution in [2.45, 2.75) is 54.1 Å². The molecule has 0 unspecified atom stereocenters. The molecule has 0 fully saturated rings. The zero-order valence-corrected chi connectivity index (χ0v) is 16.6. The minimum Gasteiger partial charge on any atom is -0.311 e. The summed E-state index contributed by atoms with van der Waals surface area (Å²) < 4.78 is 0. The van der Waals surface area contributed by atoms with Crippen LogP contribution in [0.4, 0.5) is 0 Å². The average molecular weight is 331 g/mol. The molecule has 0 aliphatic heterocycles. The molecular formula is C22H38N2. The second-order valence-corrected chi connectivity index (χ2v) is 4.72. The first-order valence-corrected chi connectivity index (χ1v) is 9.21. The topological polar surface area (TPSA) is 24.1 Å². The minimum absolute atomic E-state index is 0.356. The Balaban J connectivity index is 0. The van der Waals surface area contributed by atoms with Crippen LogP contribution >= 0.6 is 0 Å². The van der Waals surface area contributed by atoms with Crippen molar-refractivity contribution in [1.82, 2.24) is 10.6 Å². The molecule has 0 aromatic heterocycles. The van der Waals surface area contributed by atoms with Crippen molar-refractivity contribution in [2.24, 2.45) is 0 Å². The van der Waals surface area contributed by atoms with Crippen LogP contribution in [0.2, 0.25) is 0 Å². The summed E-state index contributed by atoms with van der Waals surface area (Å²) >= 11 is 0. The number of hydrogen-bond acceptors (Lipinski definition) is 2. The summed E-state index contributed by atoms with van der Waals surface area (Å²) in [4.78, 5) is 0. The summed E-state index contributed by atoms with van der Waals surface area (Å²) in [6.45, 7) is 18.8. The van der Waals surface area contributed by atoms with E-state index in [0.717, 1.165) is 19.6 Å². The normalized spacial score (nSPS) is 11.8. The summed E-state index contributed by atoms with van der Waals surface area (Å²) in [7, 11) is 0. The van der Waals surface area contributed by atoms with E-state index in [4.69, 9.17) is 0 Å². The number of benzene rings is 1. The summed E-state index contributed by atoms with van der Waals surface area (Å²) in [5.74, 6) is 0. The molecule has 0 saturated carbocycles. The van der Waals surface area contributed by atoms with Crippen molar-refractivity contribution in [3.63, 3.8) is 0 Å². The van der Waals surface area contributed by atoms with Crippen LogP contribution in [0.1, 0.15) is 47.1 Å². The van der Waals surface area contributed by atoms with E-state index in [9.17, 15) is 0 Å². The molecule has 2 heteroatoms. The first kappa shape index (κ1) is 24.6. The highest BCUT2D eigenvalue weighted by molar-refractivity contribution is 5.25. The van der Waals surface area contributed by atoms with Gasteiger partial charge in [0.05, 0.1) is 0 Å². The number of allylic oxidation sites excluding steroid dienone is 3. The lowest BCUT2D eigenvalue weighted by Gasteiger charge is -2.15. The number of nitrogens with one attached hydrogen (secondary N) is 2. The summed E-state index contributed by atoms with van der Waals surface area (Å²) in [5.41, 5.74) is 2.61. The zero-order chi connectivity index (χ0) is 18.6. The van der Waals surface area contributed by atoms with Gasteiger partial charge in [-0.1, -0.05) is 88.9 Å². The molecule has 0 radical (unpaired) electrons. The van der Waals surface area contributed by atoms with Crippen molar-refractivity contribution < 1.29 is 0 Å². The Hall–Kier alpha value is -1.64. The van der Waals surface area contributed by atoms with Crippen LogP contribution < -0.4 is 10.6 Å². The molecule has 0 heterocycles. The van der Waals surface area contributed by atoms with E-state index in [1.54, 1.807) is 6.08 Å². The maximum absolute atomic E-state index is 3.70. The smallest absolute Gasteiger partial charge is 0.0289 e. The maximum atomic E-state index is 3.70. The van der Waals surface area contributed by atoms with Crippen LogP contribution in [0.3, 0.4) is 0 Å². The molecule has 0 aliphatic rings. The van der Waals surface area contributed by atoms with Crippen molar-refractivity contribution in [3.8, 4) is 0 Å². The van der Waals surface area contributed by atoms with Crippen molar-refractivity contribution in [3.05, 3.63) is 72.4 Å². The van der Waals surface area contributed by atoms with E-state index < -0.39 is 0 Å². The molecule has 0 amide bonds. The van der Waals surface area contributed by atoms with Crippen LogP contribution in [-0.2, 0) is 6.54 Å². The monoisotopic (exact) mass is 330 g/mol. The molecule has 0 aliphatic carbocycles. The summed E-state index contributed by atoms with van der Waals surface area (Å²) in [6.07, 6.45) is 8.01. The minimum atomic E-state index is 0.356. The van der Waals surface area contributed by atoms with Crippen LogP contribution in [0, 0.1) is 0 Å². The van der Waals surface area contributed by atoms with E-state index in [1.807, 2.05) is 39.8 Å². The Morgan fingerprint density at radius 2 is 1.71 bits per heavy atom. The Labute approximate surface area is 150 Å². The third-order valence-corrected chi connectivity index (χ3v) is 3.18. The van der Waals surface area contributed by atoms with E-state index in [0.29, 0.717) is 6.04 Å². The Bertz CT molecular complexity index is 433. The third-order valence-electron chi connectivity index (χ3n) is 3.18. The molecule has 0 spiro atoms. The number of rotatable bonds is 9. The Morgan fingerprint density at radius 1 is 1.08 bits per heavy atom. The van der Waals surface area contributed by atoms with Gasteiger partial charge in [0.25, 0.3) is 0 Å².